The summed E-state index contributed by atoms with van der Waals surface area (Å²) in [5.41, 5.74) is 12.3. The van der Waals surface area contributed by atoms with Gasteiger partial charge in [0.15, 0.2) is 0 Å². The van der Waals surface area contributed by atoms with Crippen LogP contribution in [0.5, 0.6) is 0 Å². The zero-order valence-corrected chi connectivity index (χ0v) is 24.6. The number of carbonyl (C=O) groups is 1. The maximum Gasteiger partial charge on any atom is 0.410 e. The number of hydrogen-bond donors (Lipinski definition) is 1. The number of amides is 1. The first-order valence-corrected chi connectivity index (χ1v) is 14.9. The van der Waals surface area contributed by atoms with Crippen molar-refractivity contribution in [2.75, 3.05) is 63.5 Å². The molecule has 2 aromatic rings. The van der Waals surface area contributed by atoms with Crippen LogP contribution in [0.1, 0.15) is 51.2 Å². The summed E-state index contributed by atoms with van der Waals surface area (Å²) in [5, 5.41) is 0. The van der Waals surface area contributed by atoms with Gasteiger partial charge in [-0.3, -0.25) is 0 Å². The molecule has 1 aromatic carbocycles. The summed E-state index contributed by atoms with van der Waals surface area (Å²) in [6.45, 7) is 13.4. The van der Waals surface area contributed by atoms with Crippen LogP contribution in [0.15, 0.2) is 36.0 Å². The molecule has 40 heavy (non-hydrogen) atoms. The maximum atomic E-state index is 12.4. The van der Waals surface area contributed by atoms with Gasteiger partial charge in [-0.05, 0) is 69.7 Å². The number of fused-ring (bicyclic) bond motifs is 1. The molecule has 3 aliphatic heterocycles. The maximum absolute atomic E-state index is 12.4. The van der Waals surface area contributed by atoms with Gasteiger partial charge in [0.2, 0.25) is 5.95 Å². The highest BCUT2D eigenvalue weighted by atomic mass is 16.6. The Morgan fingerprint density at radius 1 is 1.07 bits per heavy atom. The fourth-order valence-electron chi connectivity index (χ4n) is 6.07. The highest BCUT2D eigenvalue weighted by molar-refractivity contribution is 5.68. The molecule has 0 radical (unpaired) electrons. The number of nitrogen functional groups attached to an aromatic ring is 1. The van der Waals surface area contributed by atoms with Crippen LogP contribution in [0.3, 0.4) is 0 Å². The lowest BCUT2D eigenvalue weighted by atomic mass is 9.94. The molecule has 1 unspecified atom stereocenters. The average Bonchev–Trinajstić information content (AvgIpc) is 3.41. The van der Waals surface area contributed by atoms with E-state index in [4.69, 9.17) is 10.5 Å². The third kappa shape index (κ3) is 6.69. The van der Waals surface area contributed by atoms with E-state index in [0.29, 0.717) is 11.9 Å². The number of piperazine rings is 1. The predicted molar refractivity (Wildman–Crippen MR) is 160 cm³/mol. The number of allylic oxidation sites excluding steroid dienone is 2. The lowest BCUT2D eigenvalue weighted by Crippen LogP contribution is -2.44. The average molecular weight is 548 g/mol. The summed E-state index contributed by atoms with van der Waals surface area (Å²) in [4.78, 5) is 30.6. The van der Waals surface area contributed by atoms with Crippen LogP contribution in [0.4, 0.5) is 16.6 Å². The lowest BCUT2D eigenvalue weighted by molar-refractivity contribution is 0.0825. The van der Waals surface area contributed by atoms with Gasteiger partial charge in [-0.1, -0.05) is 25.1 Å². The number of ether oxygens (including phenoxy) is 1. The van der Waals surface area contributed by atoms with Gasteiger partial charge in [-0.2, -0.15) is 4.98 Å². The van der Waals surface area contributed by atoms with Crippen LogP contribution in [0, 0.1) is 5.92 Å². The molecule has 9 nitrogen and oxygen atoms in total. The van der Waals surface area contributed by atoms with E-state index in [2.05, 4.69) is 69.0 Å². The molecule has 0 saturated carbocycles. The Hall–Kier alpha value is -3.33. The van der Waals surface area contributed by atoms with E-state index in [1.807, 2.05) is 18.7 Å². The number of likely N-dealkylation sites (N-methyl/N-ethyl adjacent to an activating group) is 1. The number of likely N-dealkylation sites (tertiary alicyclic amines) is 1. The van der Waals surface area contributed by atoms with Crippen LogP contribution in [0.2, 0.25) is 0 Å². The second kappa shape index (κ2) is 12.5. The SMILES string of the molecule is CC/C=C(/CC1CCN(C(=O)OC(C)C)C1)N1CCc2ccc(-c3cc(N4CCN(C)CC4)nc(N)n3)cc2C1. The van der Waals surface area contributed by atoms with Crippen molar-refractivity contribution in [3.8, 4) is 11.3 Å². The Bertz CT molecular complexity index is 1220. The molecule has 0 spiro atoms. The number of nitrogens with two attached hydrogens (primary N) is 1. The second-order valence-electron chi connectivity index (χ2n) is 11.8. The number of anilines is 2. The van der Waals surface area contributed by atoms with Gasteiger partial charge in [0.05, 0.1) is 11.8 Å². The van der Waals surface area contributed by atoms with Gasteiger partial charge in [0.25, 0.3) is 0 Å². The molecule has 0 bridgehead atoms. The Labute approximate surface area is 239 Å². The topological polar surface area (TPSA) is 91.1 Å². The summed E-state index contributed by atoms with van der Waals surface area (Å²) in [5.74, 6) is 1.69. The largest absolute Gasteiger partial charge is 0.447 e. The van der Waals surface area contributed by atoms with E-state index < -0.39 is 0 Å². The van der Waals surface area contributed by atoms with Crippen molar-refractivity contribution >= 4 is 17.9 Å². The summed E-state index contributed by atoms with van der Waals surface area (Å²) >= 11 is 0. The Kier molecular flexibility index (Phi) is 8.78. The quantitative estimate of drug-likeness (QED) is 0.546. The van der Waals surface area contributed by atoms with Gasteiger partial charge in [0.1, 0.15) is 5.82 Å². The van der Waals surface area contributed by atoms with Gasteiger partial charge < -0.3 is 30.1 Å². The molecule has 5 rings (SSSR count). The third-order valence-corrected chi connectivity index (χ3v) is 8.30. The fourth-order valence-corrected chi connectivity index (χ4v) is 6.07. The van der Waals surface area contributed by atoms with Crippen molar-refractivity contribution in [1.82, 2.24) is 24.7 Å². The summed E-state index contributed by atoms with van der Waals surface area (Å²) < 4.78 is 5.43. The highest BCUT2D eigenvalue weighted by Gasteiger charge is 2.30. The molecular weight excluding hydrogens is 502 g/mol. The molecule has 9 heteroatoms. The van der Waals surface area contributed by atoms with Crippen molar-refractivity contribution in [3.63, 3.8) is 0 Å². The molecule has 1 aromatic heterocycles. The molecular formula is C31H45N7O2. The van der Waals surface area contributed by atoms with E-state index in [9.17, 15) is 4.79 Å². The van der Waals surface area contributed by atoms with Crippen molar-refractivity contribution in [1.29, 1.82) is 0 Å². The van der Waals surface area contributed by atoms with E-state index >= 15 is 0 Å². The first kappa shape index (κ1) is 28.2. The number of aromatic nitrogens is 2. The number of benzene rings is 1. The van der Waals surface area contributed by atoms with E-state index in [1.165, 1.54) is 16.8 Å². The molecule has 1 atom stereocenters. The molecule has 4 heterocycles. The van der Waals surface area contributed by atoms with Crippen molar-refractivity contribution in [2.24, 2.45) is 5.92 Å². The van der Waals surface area contributed by atoms with Crippen molar-refractivity contribution in [3.05, 3.63) is 47.2 Å². The zero-order chi connectivity index (χ0) is 28.2. The van der Waals surface area contributed by atoms with E-state index in [0.717, 1.165) is 95.1 Å². The lowest BCUT2D eigenvalue weighted by Gasteiger charge is -2.34. The van der Waals surface area contributed by atoms with Gasteiger partial charge in [-0.15, -0.1) is 0 Å². The Balaban J connectivity index is 1.29. The van der Waals surface area contributed by atoms with Crippen LogP contribution < -0.4 is 10.6 Å². The normalized spacial score (nSPS) is 20.3. The molecule has 0 aliphatic carbocycles. The fraction of sp³-hybridized carbons (Fsp3) is 0.581. The van der Waals surface area contributed by atoms with Crippen LogP contribution >= 0.6 is 0 Å². The molecule has 3 aliphatic rings. The van der Waals surface area contributed by atoms with Crippen molar-refractivity contribution in [2.45, 2.75) is 59.1 Å². The Morgan fingerprint density at radius 3 is 2.62 bits per heavy atom. The zero-order valence-electron chi connectivity index (χ0n) is 24.6. The second-order valence-corrected chi connectivity index (χ2v) is 11.8. The molecule has 2 fully saturated rings. The molecule has 216 valence electrons. The van der Waals surface area contributed by atoms with Gasteiger partial charge >= 0.3 is 6.09 Å². The molecule has 2 N–H and O–H groups in total. The molecule has 1 amide bonds. The minimum absolute atomic E-state index is 0.0856. The third-order valence-electron chi connectivity index (χ3n) is 8.30. The smallest absolute Gasteiger partial charge is 0.410 e. The molecule has 2 saturated heterocycles. The number of nitrogens with zero attached hydrogens (tertiary/aromatic N) is 6. The number of rotatable bonds is 7. The monoisotopic (exact) mass is 547 g/mol. The highest BCUT2D eigenvalue weighted by Crippen LogP contribution is 2.32. The summed E-state index contributed by atoms with van der Waals surface area (Å²) in [6, 6.07) is 8.81. The standard InChI is InChI=1S/C31H45N7O2/c1-5-6-27(17-23-9-11-38(20-23)31(39)40-22(2)3)37-12-10-24-7-8-25(18-26(24)21-37)28-19-29(34-30(32)33-28)36-15-13-35(4)14-16-36/h6-8,18-19,22-23H,5,9-17,20-21H2,1-4H3,(H2,32,33,34)/b27-6-. The Morgan fingerprint density at radius 2 is 1.88 bits per heavy atom. The number of carbonyl (C=O) groups excluding carboxylic acids is 1. The minimum Gasteiger partial charge on any atom is -0.447 e. The number of hydrogen-bond acceptors (Lipinski definition) is 8. The predicted octanol–water partition coefficient (Wildman–Crippen LogP) is 4.39. The first-order valence-electron chi connectivity index (χ1n) is 14.9. The van der Waals surface area contributed by atoms with Crippen molar-refractivity contribution < 1.29 is 9.53 Å². The van der Waals surface area contributed by atoms with Gasteiger partial charge in [0, 0.05) is 69.7 Å². The van der Waals surface area contributed by atoms with Crippen LogP contribution in [-0.2, 0) is 17.7 Å². The van der Waals surface area contributed by atoms with E-state index in [1.54, 1.807) is 0 Å². The first-order chi connectivity index (χ1) is 19.3. The van der Waals surface area contributed by atoms with Crippen LogP contribution in [0.25, 0.3) is 11.3 Å². The summed E-state index contributed by atoms with van der Waals surface area (Å²) in [6.07, 6.45) is 6.14. The van der Waals surface area contributed by atoms with Crippen LogP contribution in [-0.4, -0.2) is 89.7 Å². The van der Waals surface area contributed by atoms with Gasteiger partial charge in [-0.25, -0.2) is 9.78 Å². The summed E-state index contributed by atoms with van der Waals surface area (Å²) in [7, 11) is 2.15. The minimum atomic E-state index is -0.181. The van der Waals surface area contributed by atoms with E-state index in [-0.39, 0.29) is 12.2 Å².